The Morgan fingerprint density at radius 2 is 2.09 bits per heavy atom. The molecule has 1 aromatic heterocycles. The van der Waals surface area contributed by atoms with E-state index < -0.39 is 0 Å². The maximum Gasteiger partial charge on any atom is 0.274 e. The van der Waals surface area contributed by atoms with Gasteiger partial charge in [0.25, 0.3) is 5.56 Å². The van der Waals surface area contributed by atoms with Crippen molar-refractivity contribution in [2.75, 3.05) is 12.5 Å². The number of methoxy groups -OCH3 is 1. The van der Waals surface area contributed by atoms with E-state index in [1.807, 2.05) is 26.0 Å². The lowest BCUT2D eigenvalue weighted by molar-refractivity contribution is 0.230. The molecule has 2 N–H and O–H groups in total. The van der Waals surface area contributed by atoms with Crippen LogP contribution in [-0.4, -0.2) is 34.6 Å². The summed E-state index contributed by atoms with van der Waals surface area (Å²) in [6, 6.07) is 5.45. The Balaban J connectivity index is 2.12. The van der Waals surface area contributed by atoms with E-state index in [0.717, 1.165) is 5.56 Å². The minimum Gasteiger partial charge on any atom is -0.493 e. The number of ether oxygens (including phenoxy) is 2. The Labute approximate surface area is 133 Å². The zero-order valence-electron chi connectivity index (χ0n) is 13.5. The number of aromatic amines is 1. The van der Waals surface area contributed by atoms with Crippen molar-refractivity contribution in [3.8, 4) is 11.5 Å². The van der Waals surface area contributed by atoms with Crippen LogP contribution in [0.4, 0.5) is 5.95 Å². The molecule has 0 aliphatic carbocycles. The Morgan fingerprint density at radius 3 is 2.74 bits per heavy atom. The summed E-state index contributed by atoms with van der Waals surface area (Å²) in [6.45, 7) is 5.45. The van der Waals surface area contributed by atoms with Gasteiger partial charge in [0, 0.05) is 0 Å². The van der Waals surface area contributed by atoms with Crippen LogP contribution in [0.5, 0.6) is 11.5 Å². The highest BCUT2D eigenvalue weighted by Gasteiger charge is 2.07. The highest BCUT2D eigenvalue weighted by atomic mass is 16.5. The Morgan fingerprint density at radius 1 is 1.30 bits per heavy atom. The van der Waals surface area contributed by atoms with E-state index >= 15 is 0 Å². The van der Waals surface area contributed by atoms with E-state index in [4.69, 9.17) is 9.47 Å². The summed E-state index contributed by atoms with van der Waals surface area (Å²) in [4.78, 5) is 13.9. The van der Waals surface area contributed by atoms with Crippen LogP contribution in [-0.2, 0) is 0 Å². The third-order valence-corrected chi connectivity index (χ3v) is 2.79. The molecule has 2 aromatic rings. The molecule has 0 fully saturated rings. The number of hydrazone groups is 1. The van der Waals surface area contributed by atoms with Crippen molar-refractivity contribution in [2.24, 2.45) is 5.10 Å². The summed E-state index contributed by atoms with van der Waals surface area (Å²) in [7, 11) is 1.59. The Hall–Kier alpha value is -2.90. The number of hydrogen-bond donors (Lipinski definition) is 2. The molecule has 2 rings (SSSR count). The molecule has 0 saturated carbocycles. The van der Waals surface area contributed by atoms with E-state index in [1.54, 1.807) is 26.3 Å². The highest BCUT2D eigenvalue weighted by Crippen LogP contribution is 2.28. The van der Waals surface area contributed by atoms with Crippen LogP contribution >= 0.6 is 0 Å². The fourth-order valence-corrected chi connectivity index (χ4v) is 1.73. The molecule has 0 saturated heterocycles. The molecule has 0 bridgehead atoms. The predicted octanol–water partition coefficient (Wildman–Crippen LogP) is 1.72. The summed E-state index contributed by atoms with van der Waals surface area (Å²) in [5.41, 5.74) is 3.41. The van der Waals surface area contributed by atoms with Crippen LogP contribution in [0.25, 0.3) is 0 Å². The van der Waals surface area contributed by atoms with Gasteiger partial charge in [0.15, 0.2) is 11.5 Å². The van der Waals surface area contributed by atoms with Gasteiger partial charge in [0.05, 0.1) is 19.4 Å². The second-order valence-corrected chi connectivity index (χ2v) is 5.04. The molecule has 1 heterocycles. The average molecular weight is 317 g/mol. The molecule has 0 spiro atoms. The van der Waals surface area contributed by atoms with Crippen molar-refractivity contribution in [2.45, 2.75) is 26.9 Å². The van der Waals surface area contributed by atoms with Crippen LogP contribution in [0.1, 0.15) is 25.1 Å². The molecule has 8 heteroatoms. The quantitative estimate of drug-likeness (QED) is 0.621. The lowest BCUT2D eigenvalue weighted by Gasteiger charge is -2.13. The number of nitrogens with one attached hydrogen (secondary N) is 2. The van der Waals surface area contributed by atoms with Crippen LogP contribution in [0.2, 0.25) is 0 Å². The van der Waals surface area contributed by atoms with E-state index in [1.165, 1.54) is 0 Å². The van der Waals surface area contributed by atoms with Gasteiger partial charge < -0.3 is 9.47 Å². The zero-order valence-corrected chi connectivity index (χ0v) is 13.5. The van der Waals surface area contributed by atoms with Crippen molar-refractivity contribution in [1.82, 2.24) is 15.2 Å². The minimum atomic E-state index is -0.310. The van der Waals surface area contributed by atoms with Gasteiger partial charge >= 0.3 is 0 Å². The molecule has 23 heavy (non-hydrogen) atoms. The molecule has 0 amide bonds. The number of H-pyrrole nitrogens is 1. The van der Waals surface area contributed by atoms with E-state index in [-0.39, 0.29) is 17.6 Å². The van der Waals surface area contributed by atoms with Crippen molar-refractivity contribution >= 4 is 12.2 Å². The van der Waals surface area contributed by atoms with Gasteiger partial charge in [0.2, 0.25) is 5.95 Å². The first kappa shape index (κ1) is 16.5. The van der Waals surface area contributed by atoms with E-state index in [0.29, 0.717) is 17.2 Å². The molecule has 0 aliphatic heterocycles. The Bertz CT molecular complexity index is 755. The smallest absolute Gasteiger partial charge is 0.274 e. The van der Waals surface area contributed by atoms with Gasteiger partial charge in [-0.3, -0.25) is 9.78 Å². The van der Waals surface area contributed by atoms with Crippen LogP contribution < -0.4 is 20.5 Å². The molecule has 0 atom stereocenters. The van der Waals surface area contributed by atoms with Crippen molar-refractivity contribution in [1.29, 1.82) is 0 Å². The lowest BCUT2D eigenvalue weighted by Crippen LogP contribution is -2.15. The third kappa shape index (κ3) is 4.53. The summed E-state index contributed by atoms with van der Waals surface area (Å²) in [6.07, 6.45) is 1.61. The standard InChI is InChI=1S/C15H19N5O3/c1-9(2)23-13-7-11(5-6-12(13)22-4)8-16-19-15-17-14(21)10(3)18-20-15/h5-9H,1-4H3,(H2,17,19,20,21)/b16-8+. The fourth-order valence-electron chi connectivity index (χ4n) is 1.73. The minimum absolute atomic E-state index is 0.0297. The number of hydrogen-bond acceptors (Lipinski definition) is 7. The molecule has 0 radical (unpaired) electrons. The first-order valence-corrected chi connectivity index (χ1v) is 7.07. The van der Waals surface area contributed by atoms with Crippen molar-refractivity contribution < 1.29 is 9.47 Å². The second kappa shape index (κ2) is 7.39. The van der Waals surface area contributed by atoms with Gasteiger partial charge in [-0.1, -0.05) is 0 Å². The predicted molar refractivity (Wildman–Crippen MR) is 87.4 cm³/mol. The molecule has 1 aromatic carbocycles. The normalized spacial score (nSPS) is 11.0. The van der Waals surface area contributed by atoms with Crippen LogP contribution in [0.15, 0.2) is 28.1 Å². The topological polar surface area (TPSA) is 101 Å². The van der Waals surface area contributed by atoms with Crippen molar-refractivity contribution in [3.05, 3.63) is 39.8 Å². The number of aryl methyl sites for hydroxylation is 1. The van der Waals surface area contributed by atoms with Gasteiger partial charge in [-0.05, 0) is 44.5 Å². The summed E-state index contributed by atoms with van der Waals surface area (Å²) >= 11 is 0. The van der Waals surface area contributed by atoms with Crippen molar-refractivity contribution in [3.63, 3.8) is 0 Å². The molecular weight excluding hydrogens is 298 g/mol. The van der Waals surface area contributed by atoms with Crippen LogP contribution in [0.3, 0.4) is 0 Å². The SMILES string of the molecule is COc1ccc(/C=N/Nc2nnc(C)c(=O)[nH]2)cc1OC(C)C. The summed E-state index contributed by atoms with van der Waals surface area (Å²) in [5.74, 6) is 1.46. The van der Waals surface area contributed by atoms with Gasteiger partial charge in [-0.2, -0.15) is 5.10 Å². The monoisotopic (exact) mass is 317 g/mol. The molecular formula is C15H19N5O3. The zero-order chi connectivity index (χ0) is 16.8. The first-order chi connectivity index (χ1) is 11.0. The highest BCUT2D eigenvalue weighted by molar-refractivity contribution is 5.81. The summed E-state index contributed by atoms with van der Waals surface area (Å²) < 4.78 is 10.9. The molecule has 122 valence electrons. The first-order valence-electron chi connectivity index (χ1n) is 7.07. The molecule has 0 aliphatic rings. The second-order valence-electron chi connectivity index (χ2n) is 5.04. The number of aromatic nitrogens is 3. The fraction of sp³-hybridized carbons (Fsp3) is 0.333. The number of anilines is 1. The largest absolute Gasteiger partial charge is 0.493 e. The molecule has 8 nitrogen and oxygen atoms in total. The van der Waals surface area contributed by atoms with Gasteiger partial charge in [-0.25, -0.2) is 5.43 Å². The van der Waals surface area contributed by atoms with E-state index in [2.05, 4.69) is 25.7 Å². The average Bonchev–Trinajstić information content (AvgIpc) is 2.50. The number of rotatable bonds is 6. The third-order valence-electron chi connectivity index (χ3n) is 2.79. The van der Waals surface area contributed by atoms with Gasteiger partial charge in [-0.15, -0.1) is 10.2 Å². The van der Waals surface area contributed by atoms with Crippen LogP contribution in [0, 0.1) is 6.92 Å². The number of nitrogens with zero attached hydrogens (tertiary/aromatic N) is 3. The molecule has 0 unspecified atom stereocenters. The lowest BCUT2D eigenvalue weighted by atomic mass is 10.2. The summed E-state index contributed by atoms with van der Waals surface area (Å²) in [5, 5.41) is 11.5. The van der Waals surface area contributed by atoms with Gasteiger partial charge in [0.1, 0.15) is 5.69 Å². The maximum absolute atomic E-state index is 11.4. The number of benzene rings is 1. The van der Waals surface area contributed by atoms with E-state index in [9.17, 15) is 4.79 Å². The Kier molecular flexibility index (Phi) is 5.29. The maximum atomic E-state index is 11.4.